The highest BCUT2D eigenvalue weighted by Crippen LogP contribution is 2.35. The Morgan fingerprint density at radius 2 is 0.623 bits per heavy atom. The van der Waals surface area contributed by atoms with E-state index in [1.54, 1.807) is 0 Å². The van der Waals surface area contributed by atoms with Gasteiger partial charge in [-0.2, -0.15) is 0 Å². The lowest BCUT2D eigenvalue weighted by Crippen LogP contribution is -2.46. The highest BCUT2D eigenvalue weighted by molar-refractivity contribution is 5.21. The van der Waals surface area contributed by atoms with Crippen molar-refractivity contribution in [2.45, 2.75) is 107 Å². The average molecular weight is 969 g/mol. The third-order valence-electron chi connectivity index (χ3n) is 15.2. The molecule has 6 aliphatic rings. The zero-order valence-corrected chi connectivity index (χ0v) is 44.0. The van der Waals surface area contributed by atoms with E-state index in [1.807, 2.05) is 25.1 Å². The minimum atomic E-state index is 0.258. The zero-order valence-electron chi connectivity index (χ0n) is 44.0. The number of hydrogen-bond donors (Lipinski definition) is 0. The summed E-state index contributed by atoms with van der Waals surface area (Å²) in [6.07, 6.45) is 6.78. The van der Waals surface area contributed by atoms with Crippen LogP contribution < -0.4 is 0 Å². The Morgan fingerprint density at radius 3 is 0.855 bits per heavy atom. The number of benzene rings is 2. The molecular weight excluding hydrogens is 877 g/mol. The fraction of sp³-hybridized carbons (Fsp3) is 0.754. The maximum atomic E-state index is 5.90. The zero-order chi connectivity index (χ0) is 49.4. The van der Waals surface area contributed by atoms with Crippen LogP contribution >= 0.6 is 0 Å². The monoisotopic (exact) mass is 969 g/mol. The summed E-state index contributed by atoms with van der Waals surface area (Å²) in [5.41, 5.74) is 6.45. The molecule has 6 aliphatic heterocycles. The standard InChI is InChI=1S/C20H30O4.C14H26O4.C13H18O2.C10H18O2/c1-3-19(13-23-14-19)11-21-9-17-5-7-18(8-6-17)10-22-12-20(4-2)15-24-16-20;1-3-13(9-17-10-13)7-15-5-6-16-8-14(4-2)11-18-12-14;1-2-13(10-15-11-13)9-14-8-12-6-4-3-5-7-12;1-4-10(7-12-8-10)6-11-5-9(2)3/h5-8H,3-4,9-16H2,1-2H3;3-12H2,1-2H3;3-7H,2,8-11H2,1H3;2,4-8H2,1,3H3. The van der Waals surface area contributed by atoms with Crippen LogP contribution in [0.25, 0.3) is 0 Å². The van der Waals surface area contributed by atoms with Crippen molar-refractivity contribution >= 4 is 0 Å². The first-order valence-corrected chi connectivity index (χ1v) is 26.2. The maximum absolute atomic E-state index is 5.90. The highest BCUT2D eigenvalue weighted by atomic mass is 16.6. The summed E-state index contributed by atoms with van der Waals surface area (Å²) in [6.45, 7) is 38.1. The molecule has 69 heavy (non-hydrogen) atoms. The van der Waals surface area contributed by atoms with Crippen molar-refractivity contribution in [3.05, 3.63) is 83.4 Å². The quantitative estimate of drug-likeness (QED) is 0.0572. The van der Waals surface area contributed by atoms with Gasteiger partial charge in [-0.25, -0.2) is 0 Å². The van der Waals surface area contributed by atoms with Crippen LogP contribution in [0.1, 0.15) is 104 Å². The van der Waals surface area contributed by atoms with Gasteiger partial charge < -0.3 is 56.8 Å². The summed E-state index contributed by atoms with van der Waals surface area (Å²) < 4.78 is 66.1. The molecule has 0 bridgehead atoms. The van der Waals surface area contributed by atoms with Crippen LogP contribution in [0.2, 0.25) is 0 Å². The van der Waals surface area contributed by atoms with E-state index in [2.05, 4.69) is 84.5 Å². The van der Waals surface area contributed by atoms with Gasteiger partial charge in [0.15, 0.2) is 0 Å². The van der Waals surface area contributed by atoms with Gasteiger partial charge in [-0.15, -0.1) is 0 Å². The number of ether oxygens (including phenoxy) is 12. The molecule has 0 saturated carbocycles. The van der Waals surface area contributed by atoms with Crippen LogP contribution in [0.15, 0.2) is 66.7 Å². The van der Waals surface area contributed by atoms with Crippen molar-refractivity contribution < 1.29 is 56.8 Å². The predicted molar refractivity (Wildman–Crippen MR) is 270 cm³/mol. The Kier molecular flexibility index (Phi) is 24.6. The molecule has 0 aliphatic carbocycles. The molecule has 8 rings (SSSR count). The Morgan fingerprint density at radius 1 is 0.377 bits per heavy atom. The fourth-order valence-electron chi connectivity index (χ4n) is 8.28. The maximum Gasteiger partial charge on any atom is 0.0717 e. The van der Waals surface area contributed by atoms with Gasteiger partial charge in [0, 0.05) is 32.5 Å². The van der Waals surface area contributed by atoms with Crippen molar-refractivity contribution in [2.75, 3.05) is 139 Å². The Labute approximate surface area is 417 Å². The van der Waals surface area contributed by atoms with E-state index in [9.17, 15) is 0 Å². The summed E-state index contributed by atoms with van der Waals surface area (Å²) in [7, 11) is 0. The van der Waals surface area contributed by atoms with Crippen LogP contribution in [0.5, 0.6) is 0 Å². The molecule has 12 heteroatoms. The molecule has 12 nitrogen and oxygen atoms in total. The van der Waals surface area contributed by atoms with E-state index >= 15 is 0 Å². The van der Waals surface area contributed by atoms with Gasteiger partial charge >= 0.3 is 0 Å². The molecule has 6 heterocycles. The molecule has 0 atom stereocenters. The smallest absolute Gasteiger partial charge is 0.0717 e. The summed E-state index contributed by atoms with van der Waals surface area (Å²) in [4.78, 5) is 0. The highest BCUT2D eigenvalue weighted by Gasteiger charge is 2.40. The van der Waals surface area contributed by atoms with E-state index in [1.165, 1.54) is 16.7 Å². The van der Waals surface area contributed by atoms with Crippen LogP contribution in [0, 0.1) is 32.5 Å². The van der Waals surface area contributed by atoms with Crippen molar-refractivity contribution in [3.8, 4) is 0 Å². The molecule has 0 unspecified atom stereocenters. The SMILES string of the molecule is C=C(C)COCC1(CC)COC1.CCC1(COCCOCC2(CC)COC2)COC1.CCC1(COCc2ccc(COCC3(CC)COC3)cc2)COC1.CCC1(COCc2ccccc2)COC1. The number of hydrogen-bond acceptors (Lipinski definition) is 12. The molecule has 0 spiro atoms. The molecule has 2 aromatic rings. The second-order valence-electron chi connectivity index (χ2n) is 21.4. The van der Waals surface area contributed by atoms with E-state index in [-0.39, 0.29) is 21.7 Å². The molecular formula is C57H92O12. The normalized spacial score (nSPS) is 21.2. The average Bonchev–Trinajstić information content (AvgIpc) is 3.29. The minimum absolute atomic E-state index is 0.258. The second kappa shape index (κ2) is 29.4. The van der Waals surface area contributed by atoms with E-state index < -0.39 is 0 Å². The predicted octanol–water partition coefficient (Wildman–Crippen LogP) is 10.1. The molecule has 0 N–H and O–H groups in total. The van der Waals surface area contributed by atoms with Gasteiger partial charge in [0.05, 0.1) is 159 Å². The summed E-state index contributed by atoms with van der Waals surface area (Å²) >= 11 is 0. The third-order valence-corrected chi connectivity index (χ3v) is 15.2. The van der Waals surface area contributed by atoms with Crippen LogP contribution in [0.4, 0.5) is 0 Å². The van der Waals surface area contributed by atoms with E-state index in [0.717, 1.165) is 163 Å². The molecule has 0 aromatic heterocycles. The summed E-state index contributed by atoms with van der Waals surface area (Å²) in [6, 6.07) is 18.8. The Bertz CT molecular complexity index is 1570. The minimum Gasteiger partial charge on any atom is -0.380 e. The lowest BCUT2D eigenvalue weighted by Gasteiger charge is -2.41. The fourth-order valence-corrected chi connectivity index (χ4v) is 8.28. The van der Waals surface area contributed by atoms with Crippen LogP contribution in [0.3, 0.4) is 0 Å². The first-order valence-electron chi connectivity index (χ1n) is 26.2. The van der Waals surface area contributed by atoms with Crippen molar-refractivity contribution in [3.63, 3.8) is 0 Å². The van der Waals surface area contributed by atoms with Gasteiger partial charge in [0.2, 0.25) is 0 Å². The molecule has 2 aromatic carbocycles. The van der Waals surface area contributed by atoms with Gasteiger partial charge in [-0.3, -0.25) is 0 Å². The topological polar surface area (TPSA) is 111 Å². The molecule has 6 saturated heterocycles. The van der Waals surface area contributed by atoms with Gasteiger partial charge in [-0.1, -0.05) is 108 Å². The van der Waals surface area contributed by atoms with Gasteiger partial charge in [0.25, 0.3) is 0 Å². The van der Waals surface area contributed by atoms with Crippen molar-refractivity contribution in [2.24, 2.45) is 32.5 Å². The second-order valence-corrected chi connectivity index (χ2v) is 21.4. The van der Waals surface area contributed by atoms with Gasteiger partial charge in [-0.05, 0) is 62.1 Å². The molecule has 0 amide bonds. The Hall–Kier alpha value is -2.30. The lowest BCUT2D eigenvalue weighted by atomic mass is 9.84. The van der Waals surface area contributed by atoms with Crippen LogP contribution in [-0.2, 0) is 76.7 Å². The van der Waals surface area contributed by atoms with Crippen molar-refractivity contribution in [1.29, 1.82) is 0 Å². The summed E-state index contributed by atoms with van der Waals surface area (Å²) in [5, 5.41) is 0. The van der Waals surface area contributed by atoms with Gasteiger partial charge in [0.1, 0.15) is 0 Å². The largest absolute Gasteiger partial charge is 0.380 e. The molecule has 6 fully saturated rings. The Balaban J connectivity index is 0.000000177. The van der Waals surface area contributed by atoms with E-state index in [4.69, 9.17) is 56.8 Å². The molecule has 392 valence electrons. The number of rotatable bonds is 29. The first-order chi connectivity index (χ1) is 33.5. The van der Waals surface area contributed by atoms with E-state index in [0.29, 0.717) is 50.5 Å². The van der Waals surface area contributed by atoms with Crippen molar-refractivity contribution in [1.82, 2.24) is 0 Å². The first kappa shape index (κ1) is 57.6. The third kappa shape index (κ3) is 18.3. The molecule has 0 radical (unpaired) electrons. The van der Waals surface area contributed by atoms with Crippen LogP contribution in [-0.4, -0.2) is 139 Å². The lowest BCUT2D eigenvalue weighted by molar-refractivity contribution is -0.164. The summed E-state index contributed by atoms with van der Waals surface area (Å²) in [5.74, 6) is 0.